The van der Waals surface area contributed by atoms with Crippen molar-refractivity contribution in [2.75, 3.05) is 32.1 Å². The largest absolute Gasteiger partial charge is 0.383 e. The van der Waals surface area contributed by atoms with Gasteiger partial charge in [-0.15, -0.1) is 10.2 Å². The highest BCUT2D eigenvalue weighted by Crippen LogP contribution is 2.32. The zero-order chi connectivity index (χ0) is 29.2. The fourth-order valence-corrected chi connectivity index (χ4v) is 5.07. The molecule has 1 saturated heterocycles. The Kier molecular flexibility index (Phi) is 7.61. The van der Waals surface area contributed by atoms with Crippen molar-refractivity contribution in [1.82, 2.24) is 39.7 Å². The van der Waals surface area contributed by atoms with Crippen molar-refractivity contribution >= 4 is 17.5 Å². The molecule has 1 aliphatic heterocycles. The highest BCUT2D eigenvalue weighted by molar-refractivity contribution is 5.91. The number of hydroxylamine groups is 2. The van der Waals surface area contributed by atoms with Gasteiger partial charge in [0.05, 0.1) is 24.0 Å². The predicted octanol–water partition coefficient (Wildman–Crippen LogP) is 3.86. The van der Waals surface area contributed by atoms with Crippen molar-refractivity contribution in [3.8, 4) is 16.9 Å². The number of amides is 2. The third kappa shape index (κ3) is 5.44. The molecule has 5 aromatic rings. The molecule has 0 unspecified atom stereocenters. The van der Waals surface area contributed by atoms with E-state index in [0.29, 0.717) is 36.8 Å². The molecule has 1 fully saturated rings. The molecule has 216 valence electrons. The quantitative estimate of drug-likeness (QED) is 0.269. The summed E-state index contributed by atoms with van der Waals surface area (Å²) in [6, 6.07) is 15.4. The van der Waals surface area contributed by atoms with E-state index in [9.17, 15) is 9.18 Å². The number of aromatic nitrogens is 6. The van der Waals surface area contributed by atoms with Gasteiger partial charge in [0.2, 0.25) is 5.95 Å². The predicted molar refractivity (Wildman–Crippen MR) is 152 cm³/mol. The van der Waals surface area contributed by atoms with E-state index in [2.05, 4.69) is 25.8 Å². The molecule has 4 aromatic heterocycles. The van der Waals surface area contributed by atoms with Crippen molar-refractivity contribution in [3.63, 3.8) is 0 Å². The van der Waals surface area contributed by atoms with Gasteiger partial charge < -0.3 is 10.1 Å². The van der Waals surface area contributed by atoms with E-state index in [4.69, 9.17) is 14.7 Å². The van der Waals surface area contributed by atoms with E-state index in [1.165, 1.54) is 12.3 Å². The van der Waals surface area contributed by atoms with Crippen LogP contribution >= 0.6 is 0 Å². The first-order chi connectivity index (χ1) is 20.4. The number of urea groups is 1. The van der Waals surface area contributed by atoms with Gasteiger partial charge in [-0.3, -0.25) is 14.6 Å². The molecule has 12 nitrogen and oxygen atoms in total. The third-order valence-corrected chi connectivity index (χ3v) is 7.17. The summed E-state index contributed by atoms with van der Waals surface area (Å²) in [6.07, 6.45) is 2.70. The van der Waals surface area contributed by atoms with E-state index in [0.717, 1.165) is 28.3 Å². The monoisotopic (exact) mass is 571 g/mol. The van der Waals surface area contributed by atoms with Crippen molar-refractivity contribution < 1.29 is 18.8 Å². The van der Waals surface area contributed by atoms with Crippen LogP contribution in [-0.2, 0) is 9.57 Å². The molecular formula is C29H30FN9O3. The van der Waals surface area contributed by atoms with Crippen LogP contribution in [-0.4, -0.2) is 73.3 Å². The molecule has 1 aliphatic rings. The number of hydrogen-bond donors (Lipinski definition) is 2. The van der Waals surface area contributed by atoms with Crippen LogP contribution in [0.25, 0.3) is 22.6 Å². The Labute approximate surface area is 241 Å². The molecule has 42 heavy (non-hydrogen) atoms. The molecular weight excluding hydrogens is 541 g/mol. The molecule has 0 saturated carbocycles. The maximum Gasteiger partial charge on any atom is 0.320 e. The van der Waals surface area contributed by atoms with Gasteiger partial charge in [0.15, 0.2) is 5.65 Å². The molecule has 2 N–H and O–H groups in total. The Morgan fingerprint density at radius 2 is 1.98 bits per heavy atom. The fourth-order valence-electron chi connectivity index (χ4n) is 5.07. The summed E-state index contributed by atoms with van der Waals surface area (Å²) in [7, 11) is 1.60. The van der Waals surface area contributed by atoms with Gasteiger partial charge in [0.1, 0.15) is 17.7 Å². The number of rotatable bonds is 8. The van der Waals surface area contributed by atoms with Gasteiger partial charge in [0, 0.05) is 43.7 Å². The van der Waals surface area contributed by atoms with E-state index in [1.807, 2.05) is 66.9 Å². The highest BCUT2D eigenvalue weighted by Gasteiger charge is 2.37. The molecule has 1 aromatic carbocycles. The average Bonchev–Trinajstić information content (AvgIpc) is 3.67. The summed E-state index contributed by atoms with van der Waals surface area (Å²) in [5, 5.41) is 20.9. The fraction of sp³-hybridized carbons (Fsp3) is 0.276. The number of halogens is 1. The van der Waals surface area contributed by atoms with Crippen LogP contribution < -0.4 is 10.6 Å². The summed E-state index contributed by atoms with van der Waals surface area (Å²) >= 11 is 0. The molecule has 0 spiro atoms. The minimum Gasteiger partial charge on any atom is -0.383 e. The zero-order valence-electron chi connectivity index (χ0n) is 23.4. The molecule has 2 atom stereocenters. The van der Waals surface area contributed by atoms with Crippen LogP contribution in [0.5, 0.6) is 0 Å². The van der Waals surface area contributed by atoms with Gasteiger partial charge in [-0.1, -0.05) is 18.2 Å². The number of anilines is 1. The lowest BCUT2D eigenvalue weighted by Gasteiger charge is -2.19. The number of carbonyl (C=O) groups excluding carboxylic acids is 1. The standard InChI is InChI=1S/C29H30FN9O3/c1-18-26(21-9-10-25-35-34-19(2)38(25)16-21)36-39(22-7-5-4-6-8-22)28(18)33-29(40)32-23-17-37(13-14-41-3)42-27(23)20-11-12-31-24(30)15-20/h4-12,15-16,23,27H,13-14,17H2,1-3H3,(H2,32,33,40)/t23-,27+/m1/s1. The second-order valence-corrected chi connectivity index (χ2v) is 9.99. The number of aryl methyl sites for hydroxylation is 1. The maximum absolute atomic E-state index is 14.0. The SMILES string of the molecule is COCCN1C[C@@H](NC(=O)Nc2c(C)c(-c3ccc4nnc(C)n4c3)nn2-c2ccccc2)[C@H](c2ccnc(F)c2)O1. The number of ether oxygens (including phenoxy) is 1. The molecule has 2 amide bonds. The van der Waals surface area contributed by atoms with Gasteiger partial charge >= 0.3 is 6.03 Å². The smallest absolute Gasteiger partial charge is 0.320 e. The van der Waals surface area contributed by atoms with E-state index in [-0.39, 0.29) is 0 Å². The Bertz CT molecular complexity index is 1720. The molecule has 0 bridgehead atoms. The average molecular weight is 572 g/mol. The zero-order valence-corrected chi connectivity index (χ0v) is 23.4. The number of pyridine rings is 2. The Balaban J connectivity index is 1.31. The summed E-state index contributed by atoms with van der Waals surface area (Å²) in [6.45, 7) is 5.10. The number of nitrogens with zero attached hydrogens (tertiary/aromatic N) is 7. The molecule has 13 heteroatoms. The number of nitrogens with one attached hydrogen (secondary N) is 2. The second-order valence-electron chi connectivity index (χ2n) is 9.99. The van der Waals surface area contributed by atoms with Crippen LogP contribution in [0, 0.1) is 19.8 Å². The second kappa shape index (κ2) is 11.6. The summed E-state index contributed by atoms with van der Waals surface area (Å²) in [5.74, 6) is 0.645. The first kappa shape index (κ1) is 27.4. The van der Waals surface area contributed by atoms with Crippen LogP contribution in [0.1, 0.15) is 23.1 Å². The van der Waals surface area contributed by atoms with Crippen molar-refractivity contribution in [2.45, 2.75) is 26.0 Å². The van der Waals surface area contributed by atoms with Gasteiger partial charge in [-0.25, -0.2) is 14.5 Å². The highest BCUT2D eigenvalue weighted by atomic mass is 19.1. The summed E-state index contributed by atoms with van der Waals surface area (Å²) < 4.78 is 22.7. The van der Waals surface area contributed by atoms with Crippen LogP contribution in [0.15, 0.2) is 67.0 Å². The number of benzene rings is 1. The Morgan fingerprint density at radius 1 is 1.14 bits per heavy atom. The summed E-state index contributed by atoms with van der Waals surface area (Å²) in [5.41, 5.74) is 4.40. The molecule has 0 aliphatic carbocycles. The topological polar surface area (TPSA) is 124 Å². The number of fused-ring (bicyclic) bond motifs is 1. The van der Waals surface area contributed by atoms with E-state index >= 15 is 0 Å². The minimum atomic E-state index is -0.621. The lowest BCUT2D eigenvalue weighted by Crippen LogP contribution is -2.42. The normalized spacial score (nSPS) is 17.1. The van der Waals surface area contributed by atoms with Crippen molar-refractivity contribution in [2.24, 2.45) is 0 Å². The van der Waals surface area contributed by atoms with Crippen LogP contribution in [0.2, 0.25) is 0 Å². The minimum absolute atomic E-state index is 0.381. The van der Waals surface area contributed by atoms with E-state index < -0.39 is 24.1 Å². The van der Waals surface area contributed by atoms with Gasteiger partial charge in [-0.05, 0) is 55.8 Å². The third-order valence-electron chi connectivity index (χ3n) is 7.17. The summed E-state index contributed by atoms with van der Waals surface area (Å²) in [4.78, 5) is 23.2. The Morgan fingerprint density at radius 3 is 2.76 bits per heavy atom. The van der Waals surface area contributed by atoms with Crippen molar-refractivity contribution in [3.05, 3.63) is 89.9 Å². The maximum atomic E-state index is 14.0. The number of para-hydroxylation sites is 1. The van der Waals surface area contributed by atoms with Gasteiger partial charge in [-0.2, -0.15) is 14.6 Å². The first-order valence-electron chi connectivity index (χ1n) is 13.5. The van der Waals surface area contributed by atoms with Crippen LogP contribution in [0.4, 0.5) is 15.0 Å². The van der Waals surface area contributed by atoms with Crippen LogP contribution in [0.3, 0.4) is 0 Å². The Hall–Kier alpha value is -4.72. The lowest BCUT2D eigenvalue weighted by molar-refractivity contribution is -0.154. The van der Waals surface area contributed by atoms with Gasteiger partial charge in [0.25, 0.3) is 0 Å². The van der Waals surface area contributed by atoms with Crippen molar-refractivity contribution in [1.29, 1.82) is 0 Å². The number of carbonyl (C=O) groups is 1. The first-order valence-corrected chi connectivity index (χ1v) is 13.5. The molecule has 5 heterocycles. The van der Waals surface area contributed by atoms with E-state index in [1.54, 1.807) is 22.9 Å². The lowest BCUT2D eigenvalue weighted by atomic mass is 10.0. The number of hydrogen-bond acceptors (Lipinski definition) is 8. The molecule has 0 radical (unpaired) electrons. The molecule has 6 rings (SSSR count). The number of methoxy groups -OCH3 is 1.